The maximum atomic E-state index is 12.2. The molecule has 1 aliphatic heterocycles. The smallest absolute Gasteiger partial charge is 0.251 e. The minimum Gasteiger partial charge on any atom is -0.351 e. The molecule has 5 heteroatoms. The highest BCUT2D eigenvalue weighted by molar-refractivity contribution is 5.97. The van der Waals surface area contributed by atoms with Crippen LogP contribution in [0.15, 0.2) is 48.5 Å². The van der Waals surface area contributed by atoms with Gasteiger partial charge in [-0.2, -0.15) is 5.26 Å². The third kappa shape index (κ3) is 3.06. The van der Waals surface area contributed by atoms with Crippen LogP contribution < -0.4 is 10.6 Å². The molecule has 1 heterocycles. The maximum absolute atomic E-state index is 12.2. The zero-order valence-electron chi connectivity index (χ0n) is 12.4. The Labute approximate surface area is 133 Å². The molecule has 0 saturated heterocycles. The number of fused-ring (bicyclic) bond motifs is 1. The van der Waals surface area contributed by atoms with Gasteiger partial charge in [0.25, 0.3) is 11.8 Å². The second-order valence-electron chi connectivity index (χ2n) is 5.40. The normalized spacial score (nSPS) is 16.0. The molecule has 5 nitrogen and oxygen atoms in total. The molecule has 0 bridgehead atoms. The van der Waals surface area contributed by atoms with Gasteiger partial charge >= 0.3 is 0 Å². The molecule has 0 aliphatic carbocycles. The minimum atomic E-state index is -0.225. The molecular weight excluding hydrogens is 290 g/mol. The Balaban J connectivity index is 1.71. The lowest BCUT2D eigenvalue weighted by atomic mass is 9.90. The van der Waals surface area contributed by atoms with Crippen molar-refractivity contribution in [2.24, 2.45) is 0 Å². The average molecular weight is 305 g/mol. The maximum Gasteiger partial charge on any atom is 0.251 e. The van der Waals surface area contributed by atoms with Gasteiger partial charge in [0.2, 0.25) is 0 Å². The van der Waals surface area contributed by atoms with Crippen LogP contribution in [0.3, 0.4) is 0 Å². The lowest BCUT2D eigenvalue weighted by molar-refractivity contribution is 0.0935. The van der Waals surface area contributed by atoms with E-state index in [2.05, 4.69) is 10.6 Å². The minimum absolute atomic E-state index is 0.0343. The van der Waals surface area contributed by atoms with Crippen molar-refractivity contribution in [3.8, 4) is 6.07 Å². The molecule has 0 saturated carbocycles. The van der Waals surface area contributed by atoms with Crippen molar-refractivity contribution in [3.63, 3.8) is 0 Å². The van der Waals surface area contributed by atoms with E-state index in [9.17, 15) is 9.59 Å². The number of benzene rings is 2. The highest BCUT2D eigenvalue weighted by Gasteiger charge is 2.25. The van der Waals surface area contributed by atoms with Gasteiger partial charge < -0.3 is 10.6 Å². The molecule has 3 rings (SSSR count). The van der Waals surface area contributed by atoms with E-state index in [-0.39, 0.29) is 17.7 Å². The lowest BCUT2D eigenvalue weighted by Gasteiger charge is -2.25. The summed E-state index contributed by atoms with van der Waals surface area (Å²) in [6.45, 7) is 0.918. The molecule has 1 aliphatic rings. The topological polar surface area (TPSA) is 82.0 Å². The van der Waals surface area contributed by atoms with E-state index < -0.39 is 0 Å². The summed E-state index contributed by atoms with van der Waals surface area (Å²) < 4.78 is 0. The summed E-state index contributed by atoms with van der Waals surface area (Å²) >= 11 is 0. The fourth-order valence-electron chi connectivity index (χ4n) is 2.71. The second kappa shape index (κ2) is 6.32. The van der Waals surface area contributed by atoms with Crippen molar-refractivity contribution < 1.29 is 9.59 Å². The number of rotatable bonds is 3. The first-order valence-corrected chi connectivity index (χ1v) is 7.34. The van der Waals surface area contributed by atoms with Crippen molar-refractivity contribution in [2.75, 3.05) is 13.1 Å². The van der Waals surface area contributed by atoms with Gasteiger partial charge in [-0.3, -0.25) is 9.59 Å². The molecule has 2 aromatic rings. The van der Waals surface area contributed by atoms with Crippen LogP contribution >= 0.6 is 0 Å². The van der Waals surface area contributed by atoms with E-state index in [0.29, 0.717) is 29.8 Å². The number of hydrogen-bond donors (Lipinski definition) is 2. The van der Waals surface area contributed by atoms with Crippen LogP contribution in [-0.4, -0.2) is 24.9 Å². The summed E-state index contributed by atoms with van der Waals surface area (Å²) in [5.41, 5.74) is 2.51. The first-order valence-electron chi connectivity index (χ1n) is 7.34. The quantitative estimate of drug-likeness (QED) is 0.907. The van der Waals surface area contributed by atoms with Gasteiger partial charge in [-0.25, -0.2) is 0 Å². The SMILES string of the molecule is N#Cc1cccc(C(=O)NCC2CNC(=O)c3ccccc32)c1. The monoisotopic (exact) mass is 305 g/mol. The molecule has 2 aromatic carbocycles. The Morgan fingerprint density at radius 1 is 1.26 bits per heavy atom. The number of carbonyl (C=O) groups is 2. The van der Waals surface area contributed by atoms with Crippen molar-refractivity contribution >= 4 is 11.8 Å². The highest BCUT2D eigenvalue weighted by atomic mass is 16.2. The number of amides is 2. The molecule has 1 atom stereocenters. The number of nitriles is 1. The largest absolute Gasteiger partial charge is 0.351 e. The molecule has 23 heavy (non-hydrogen) atoms. The number of nitrogens with zero attached hydrogens (tertiary/aromatic N) is 1. The predicted molar refractivity (Wildman–Crippen MR) is 85.0 cm³/mol. The third-order valence-electron chi connectivity index (χ3n) is 3.92. The van der Waals surface area contributed by atoms with Crippen molar-refractivity contribution in [1.82, 2.24) is 10.6 Å². The van der Waals surface area contributed by atoms with Crippen molar-refractivity contribution in [2.45, 2.75) is 5.92 Å². The van der Waals surface area contributed by atoms with Crippen LogP contribution in [0.1, 0.15) is 37.8 Å². The van der Waals surface area contributed by atoms with Crippen LogP contribution in [0.2, 0.25) is 0 Å². The number of carbonyl (C=O) groups excluding carboxylic acids is 2. The van der Waals surface area contributed by atoms with E-state index in [1.807, 2.05) is 24.3 Å². The molecule has 0 aromatic heterocycles. The van der Waals surface area contributed by atoms with Crippen LogP contribution in [0.4, 0.5) is 0 Å². The summed E-state index contributed by atoms with van der Waals surface area (Å²) in [6.07, 6.45) is 0. The first kappa shape index (κ1) is 14.8. The molecule has 2 N–H and O–H groups in total. The molecule has 114 valence electrons. The van der Waals surface area contributed by atoms with E-state index in [1.165, 1.54) is 0 Å². The Kier molecular flexibility index (Phi) is 4.07. The molecule has 1 unspecified atom stereocenters. The zero-order chi connectivity index (χ0) is 16.2. The van der Waals surface area contributed by atoms with Crippen LogP contribution in [0, 0.1) is 11.3 Å². The van der Waals surface area contributed by atoms with Crippen LogP contribution in [-0.2, 0) is 0 Å². The number of nitrogens with one attached hydrogen (secondary N) is 2. The second-order valence-corrected chi connectivity index (χ2v) is 5.40. The molecular formula is C18H15N3O2. The summed E-state index contributed by atoms with van der Waals surface area (Å²) in [5.74, 6) is -0.270. The Morgan fingerprint density at radius 2 is 2.09 bits per heavy atom. The summed E-state index contributed by atoms with van der Waals surface area (Å²) in [6, 6.07) is 16.0. The van der Waals surface area contributed by atoms with Gasteiger partial charge in [0, 0.05) is 30.1 Å². The van der Waals surface area contributed by atoms with Gasteiger partial charge in [-0.05, 0) is 29.8 Å². The van der Waals surface area contributed by atoms with Crippen molar-refractivity contribution in [1.29, 1.82) is 5.26 Å². The van der Waals surface area contributed by atoms with Gasteiger partial charge in [0.1, 0.15) is 0 Å². The molecule has 0 fully saturated rings. The standard InChI is InChI=1S/C18H15N3O2/c19-9-12-4-3-5-13(8-12)17(22)20-10-14-11-21-18(23)16-7-2-1-6-15(14)16/h1-8,14H,10-11H2,(H,20,22)(H,21,23). The molecule has 0 spiro atoms. The lowest BCUT2D eigenvalue weighted by Crippen LogP contribution is -2.40. The average Bonchev–Trinajstić information content (AvgIpc) is 2.61. The molecule has 0 radical (unpaired) electrons. The van der Waals surface area contributed by atoms with E-state index >= 15 is 0 Å². The van der Waals surface area contributed by atoms with Crippen LogP contribution in [0.25, 0.3) is 0 Å². The fourth-order valence-corrected chi connectivity index (χ4v) is 2.71. The predicted octanol–water partition coefficient (Wildman–Crippen LogP) is 1.82. The van der Waals surface area contributed by atoms with E-state index in [1.54, 1.807) is 30.3 Å². The van der Waals surface area contributed by atoms with E-state index in [4.69, 9.17) is 5.26 Å². The van der Waals surface area contributed by atoms with Gasteiger partial charge in [-0.1, -0.05) is 24.3 Å². The zero-order valence-corrected chi connectivity index (χ0v) is 12.4. The summed E-state index contributed by atoms with van der Waals surface area (Å²) in [4.78, 5) is 24.1. The molecule has 2 amide bonds. The first-order chi connectivity index (χ1) is 11.2. The Morgan fingerprint density at radius 3 is 2.91 bits per heavy atom. The summed E-state index contributed by atoms with van der Waals surface area (Å²) in [5, 5.41) is 14.6. The van der Waals surface area contributed by atoms with Gasteiger partial charge in [0.15, 0.2) is 0 Å². The Hall–Kier alpha value is -3.13. The highest BCUT2D eigenvalue weighted by Crippen LogP contribution is 2.23. The van der Waals surface area contributed by atoms with E-state index in [0.717, 1.165) is 5.56 Å². The number of hydrogen-bond acceptors (Lipinski definition) is 3. The Bertz CT molecular complexity index is 808. The van der Waals surface area contributed by atoms with Crippen LogP contribution in [0.5, 0.6) is 0 Å². The fraction of sp³-hybridized carbons (Fsp3) is 0.167. The van der Waals surface area contributed by atoms with Gasteiger partial charge in [-0.15, -0.1) is 0 Å². The summed E-state index contributed by atoms with van der Waals surface area (Å²) in [7, 11) is 0. The van der Waals surface area contributed by atoms with Gasteiger partial charge in [0.05, 0.1) is 11.6 Å². The van der Waals surface area contributed by atoms with Crippen molar-refractivity contribution in [3.05, 3.63) is 70.8 Å². The third-order valence-corrected chi connectivity index (χ3v) is 3.92.